The molecule has 0 aliphatic carbocycles. The van der Waals surface area contributed by atoms with Gasteiger partial charge in [-0.25, -0.2) is 4.98 Å². The molecule has 0 saturated carbocycles. The van der Waals surface area contributed by atoms with Crippen LogP contribution in [0.3, 0.4) is 0 Å². The molecule has 5 heteroatoms. The van der Waals surface area contributed by atoms with Gasteiger partial charge in [-0.3, -0.25) is 4.79 Å². The number of amides is 1. The molecule has 0 spiro atoms. The lowest BCUT2D eigenvalue weighted by Gasteiger charge is -2.24. The zero-order valence-corrected chi connectivity index (χ0v) is 12.5. The number of fused-ring (bicyclic) bond motifs is 1. The largest absolute Gasteiger partial charge is 0.347 e. The standard InChI is InChI=1S/C14H24N4O/c1-9(2)13-16-11-8-15-7-6-12(11)18(13)10(3)14(19)17(4)5/h9-10,15H,6-8H2,1-5H3. The van der Waals surface area contributed by atoms with E-state index in [0.29, 0.717) is 5.92 Å². The molecule has 1 atom stereocenters. The SMILES string of the molecule is CC(C)c1nc2c(n1C(C)C(=O)N(C)C)CCNC2. The first kappa shape index (κ1) is 14.1. The van der Waals surface area contributed by atoms with Crippen LogP contribution in [-0.4, -0.2) is 41.0 Å². The van der Waals surface area contributed by atoms with Gasteiger partial charge in [0.2, 0.25) is 5.91 Å². The summed E-state index contributed by atoms with van der Waals surface area (Å²) in [7, 11) is 3.61. The van der Waals surface area contributed by atoms with Gasteiger partial charge in [0.1, 0.15) is 11.9 Å². The maximum atomic E-state index is 12.3. The van der Waals surface area contributed by atoms with E-state index in [-0.39, 0.29) is 11.9 Å². The Balaban J connectivity index is 2.47. The van der Waals surface area contributed by atoms with Crippen LogP contribution in [0.4, 0.5) is 0 Å². The zero-order valence-electron chi connectivity index (χ0n) is 12.5. The van der Waals surface area contributed by atoms with E-state index in [1.165, 1.54) is 5.69 Å². The van der Waals surface area contributed by atoms with Crippen LogP contribution in [0.25, 0.3) is 0 Å². The molecule has 0 bridgehead atoms. The van der Waals surface area contributed by atoms with Crippen molar-refractivity contribution in [2.24, 2.45) is 0 Å². The van der Waals surface area contributed by atoms with Crippen molar-refractivity contribution in [1.29, 1.82) is 0 Å². The molecule has 0 saturated heterocycles. The summed E-state index contributed by atoms with van der Waals surface area (Å²) in [5.74, 6) is 1.47. The van der Waals surface area contributed by atoms with E-state index < -0.39 is 0 Å². The third-order valence-electron chi connectivity index (χ3n) is 3.65. The lowest BCUT2D eigenvalue weighted by Crippen LogP contribution is -2.33. The third-order valence-corrected chi connectivity index (χ3v) is 3.65. The fraction of sp³-hybridized carbons (Fsp3) is 0.714. The number of carbonyl (C=O) groups excluding carboxylic acids is 1. The summed E-state index contributed by atoms with van der Waals surface area (Å²) in [6, 6.07) is -0.179. The lowest BCUT2D eigenvalue weighted by atomic mass is 10.1. The molecule has 1 amide bonds. The number of hydrogen-bond donors (Lipinski definition) is 1. The van der Waals surface area contributed by atoms with Crippen LogP contribution in [0.5, 0.6) is 0 Å². The average Bonchev–Trinajstić information content (AvgIpc) is 2.76. The number of carbonyl (C=O) groups is 1. The highest BCUT2D eigenvalue weighted by atomic mass is 16.2. The van der Waals surface area contributed by atoms with Gasteiger partial charge in [-0.2, -0.15) is 0 Å². The topological polar surface area (TPSA) is 50.2 Å². The summed E-state index contributed by atoms with van der Waals surface area (Å²) in [6.45, 7) is 8.00. The molecule has 106 valence electrons. The summed E-state index contributed by atoms with van der Waals surface area (Å²) in [5.41, 5.74) is 2.33. The number of nitrogens with zero attached hydrogens (tertiary/aromatic N) is 3. The molecule has 0 radical (unpaired) electrons. The normalized spacial score (nSPS) is 16.3. The van der Waals surface area contributed by atoms with Crippen molar-refractivity contribution in [2.75, 3.05) is 20.6 Å². The summed E-state index contributed by atoms with van der Waals surface area (Å²) < 4.78 is 2.16. The highest BCUT2D eigenvalue weighted by Gasteiger charge is 2.27. The molecule has 1 N–H and O–H groups in total. The van der Waals surface area contributed by atoms with Gasteiger partial charge in [-0.05, 0) is 6.92 Å². The molecular weight excluding hydrogens is 240 g/mol. The second kappa shape index (κ2) is 5.33. The lowest BCUT2D eigenvalue weighted by molar-refractivity contribution is -0.131. The maximum absolute atomic E-state index is 12.3. The van der Waals surface area contributed by atoms with E-state index >= 15 is 0 Å². The minimum atomic E-state index is -0.179. The third kappa shape index (κ3) is 2.52. The van der Waals surface area contributed by atoms with Gasteiger partial charge in [0, 0.05) is 45.2 Å². The van der Waals surface area contributed by atoms with E-state index in [9.17, 15) is 4.79 Å². The Morgan fingerprint density at radius 3 is 2.63 bits per heavy atom. The van der Waals surface area contributed by atoms with E-state index in [4.69, 9.17) is 4.98 Å². The molecule has 19 heavy (non-hydrogen) atoms. The summed E-state index contributed by atoms with van der Waals surface area (Å²) in [6.07, 6.45) is 0.945. The Hall–Kier alpha value is -1.36. The number of rotatable bonds is 3. The van der Waals surface area contributed by atoms with Crippen molar-refractivity contribution in [3.8, 4) is 0 Å². The Morgan fingerprint density at radius 1 is 1.37 bits per heavy atom. The smallest absolute Gasteiger partial charge is 0.244 e. The number of imidazole rings is 1. The minimum absolute atomic E-state index is 0.126. The Labute approximate surface area is 115 Å². The van der Waals surface area contributed by atoms with Crippen molar-refractivity contribution in [3.05, 3.63) is 17.2 Å². The van der Waals surface area contributed by atoms with E-state index in [1.807, 2.05) is 6.92 Å². The number of hydrogen-bond acceptors (Lipinski definition) is 3. The molecule has 1 aromatic rings. The maximum Gasteiger partial charge on any atom is 0.244 e. The fourth-order valence-corrected chi connectivity index (χ4v) is 2.68. The van der Waals surface area contributed by atoms with Gasteiger partial charge >= 0.3 is 0 Å². The predicted molar refractivity (Wildman–Crippen MR) is 75.1 cm³/mol. The van der Waals surface area contributed by atoms with Crippen LogP contribution >= 0.6 is 0 Å². The summed E-state index contributed by atoms with van der Waals surface area (Å²) in [5, 5.41) is 3.34. The van der Waals surface area contributed by atoms with Gasteiger partial charge in [0.05, 0.1) is 5.69 Å². The van der Waals surface area contributed by atoms with Gasteiger partial charge in [0.25, 0.3) is 0 Å². The molecule has 2 heterocycles. The molecule has 1 aliphatic heterocycles. The van der Waals surface area contributed by atoms with E-state index in [1.54, 1.807) is 19.0 Å². The minimum Gasteiger partial charge on any atom is -0.347 e. The molecule has 1 aliphatic rings. The quantitative estimate of drug-likeness (QED) is 0.895. The molecule has 0 aromatic carbocycles. The second-order valence-electron chi connectivity index (χ2n) is 5.72. The van der Waals surface area contributed by atoms with Crippen molar-refractivity contribution >= 4 is 5.91 Å². The molecule has 1 unspecified atom stereocenters. The average molecular weight is 264 g/mol. The first-order valence-corrected chi connectivity index (χ1v) is 6.95. The van der Waals surface area contributed by atoms with Crippen LogP contribution in [0.1, 0.15) is 49.9 Å². The zero-order chi connectivity index (χ0) is 14.2. The molecule has 0 fully saturated rings. The predicted octanol–water partition coefficient (Wildman–Crippen LogP) is 1.30. The molecule has 1 aromatic heterocycles. The molecule has 5 nitrogen and oxygen atoms in total. The second-order valence-corrected chi connectivity index (χ2v) is 5.72. The van der Waals surface area contributed by atoms with Crippen molar-refractivity contribution < 1.29 is 4.79 Å². The first-order valence-electron chi connectivity index (χ1n) is 6.95. The van der Waals surface area contributed by atoms with Gasteiger partial charge in [-0.15, -0.1) is 0 Å². The van der Waals surface area contributed by atoms with Crippen LogP contribution in [0, 0.1) is 0 Å². The monoisotopic (exact) mass is 264 g/mol. The highest BCUT2D eigenvalue weighted by Crippen LogP contribution is 2.26. The van der Waals surface area contributed by atoms with Crippen LogP contribution in [0.15, 0.2) is 0 Å². The molecule has 2 rings (SSSR count). The van der Waals surface area contributed by atoms with Crippen molar-refractivity contribution in [1.82, 2.24) is 19.8 Å². The van der Waals surface area contributed by atoms with Crippen LogP contribution < -0.4 is 5.32 Å². The Bertz CT molecular complexity index is 476. The Kier molecular flexibility index (Phi) is 3.94. The number of nitrogens with one attached hydrogen (secondary N) is 1. The van der Waals surface area contributed by atoms with Crippen LogP contribution in [0.2, 0.25) is 0 Å². The number of likely N-dealkylation sites (N-methyl/N-ethyl adjacent to an activating group) is 1. The summed E-state index contributed by atoms with van der Waals surface area (Å²) >= 11 is 0. The van der Waals surface area contributed by atoms with Gasteiger partial charge in [-0.1, -0.05) is 13.8 Å². The van der Waals surface area contributed by atoms with Crippen molar-refractivity contribution in [2.45, 2.75) is 45.7 Å². The van der Waals surface area contributed by atoms with E-state index in [0.717, 1.165) is 31.0 Å². The highest BCUT2D eigenvalue weighted by molar-refractivity contribution is 5.79. The fourth-order valence-electron chi connectivity index (χ4n) is 2.68. The molecular formula is C14H24N4O. The first-order chi connectivity index (χ1) is 8.93. The van der Waals surface area contributed by atoms with Crippen molar-refractivity contribution in [3.63, 3.8) is 0 Å². The number of aromatic nitrogens is 2. The van der Waals surface area contributed by atoms with Crippen LogP contribution in [-0.2, 0) is 17.8 Å². The summed E-state index contributed by atoms with van der Waals surface area (Å²) in [4.78, 5) is 18.7. The Morgan fingerprint density at radius 2 is 2.05 bits per heavy atom. The van der Waals surface area contributed by atoms with E-state index in [2.05, 4.69) is 23.7 Å². The van der Waals surface area contributed by atoms with Gasteiger partial charge < -0.3 is 14.8 Å². The van der Waals surface area contributed by atoms with Gasteiger partial charge in [0.15, 0.2) is 0 Å².